The SMILES string of the molecule is C[Si](C)(c1cccc(-c2cccc(N(c3ccc(-c4ccccc4)cc3)c3ccc4c(c3)c3ccccc3n4-c3ccccc3)c2)c1)c1cccc(-c2cccc(N(c3ccc(-c4ccccc4)cc3)c3ccc4c(c3)c3ccccc3n4-c3ccccc3)c2)c1. The van der Waals surface area contributed by atoms with Crippen molar-refractivity contribution in [3.05, 3.63) is 352 Å². The van der Waals surface area contributed by atoms with Gasteiger partial charge in [0.2, 0.25) is 0 Å². The van der Waals surface area contributed by atoms with Gasteiger partial charge < -0.3 is 18.9 Å². The van der Waals surface area contributed by atoms with Crippen molar-refractivity contribution in [3.63, 3.8) is 0 Å². The number of rotatable bonds is 14. The summed E-state index contributed by atoms with van der Waals surface area (Å²) in [5, 5.41) is 7.62. The van der Waals surface area contributed by atoms with Crippen molar-refractivity contribution in [2.45, 2.75) is 13.1 Å². The molecule has 0 aliphatic heterocycles. The molecule has 2 heterocycles. The minimum atomic E-state index is -2.30. The van der Waals surface area contributed by atoms with Crippen LogP contribution >= 0.6 is 0 Å². The van der Waals surface area contributed by atoms with Gasteiger partial charge in [-0.1, -0.05) is 254 Å². The zero-order chi connectivity index (χ0) is 60.8. The summed E-state index contributed by atoms with van der Waals surface area (Å²) in [5.74, 6) is 0. The minimum absolute atomic E-state index is 1.09. The molecule has 0 saturated carbocycles. The average molecular weight is 1180 g/mol. The monoisotopic (exact) mass is 1180 g/mol. The molecule has 432 valence electrons. The van der Waals surface area contributed by atoms with Crippen molar-refractivity contribution < 1.29 is 0 Å². The summed E-state index contributed by atoms with van der Waals surface area (Å²) in [7, 11) is -2.30. The molecule has 2 aromatic heterocycles. The third-order valence-electron chi connectivity index (χ3n) is 18.4. The van der Waals surface area contributed by atoms with Gasteiger partial charge in [0.15, 0.2) is 0 Å². The second-order valence-corrected chi connectivity index (χ2v) is 28.6. The summed E-state index contributed by atoms with van der Waals surface area (Å²) in [6.45, 7) is 4.99. The van der Waals surface area contributed by atoms with Crippen LogP contribution in [0.2, 0.25) is 13.1 Å². The van der Waals surface area contributed by atoms with Crippen molar-refractivity contribution in [2.24, 2.45) is 0 Å². The van der Waals surface area contributed by atoms with Crippen molar-refractivity contribution in [1.29, 1.82) is 0 Å². The second kappa shape index (κ2) is 23.2. The van der Waals surface area contributed by atoms with E-state index in [0.717, 1.165) is 45.5 Å². The third-order valence-corrected chi connectivity index (χ3v) is 21.9. The molecule has 16 aromatic rings. The van der Waals surface area contributed by atoms with E-state index in [1.54, 1.807) is 0 Å². The van der Waals surface area contributed by atoms with E-state index in [-0.39, 0.29) is 0 Å². The van der Waals surface area contributed by atoms with Crippen LogP contribution in [0.25, 0.3) is 99.5 Å². The molecule has 0 unspecified atom stereocenters. The number of nitrogens with zero attached hydrogens (tertiary/aromatic N) is 4. The Morgan fingerprint density at radius 2 is 0.505 bits per heavy atom. The molecule has 0 bridgehead atoms. The van der Waals surface area contributed by atoms with Gasteiger partial charge in [0.1, 0.15) is 8.07 Å². The topological polar surface area (TPSA) is 16.3 Å². The maximum Gasteiger partial charge on any atom is 0.112 e. The van der Waals surface area contributed by atoms with Crippen molar-refractivity contribution in [3.8, 4) is 55.9 Å². The lowest BCUT2D eigenvalue weighted by Gasteiger charge is -2.27. The molecule has 14 aromatic carbocycles. The van der Waals surface area contributed by atoms with Crippen LogP contribution in [0.15, 0.2) is 352 Å². The maximum absolute atomic E-state index is 2.50. The molecule has 0 N–H and O–H groups in total. The summed E-state index contributed by atoms with van der Waals surface area (Å²) in [6.07, 6.45) is 0. The number of anilines is 6. The van der Waals surface area contributed by atoms with Crippen LogP contribution in [0.4, 0.5) is 34.1 Å². The Labute approximate surface area is 532 Å². The lowest BCUT2D eigenvalue weighted by Crippen LogP contribution is -2.52. The number of hydrogen-bond acceptors (Lipinski definition) is 2. The van der Waals surface area contributed by atoms with Gasteiger partial charge in [-0.25, -0.2) is 0 Å². The smallest absolute Gasteiger partial charge is 0.112 e. The normalized spacial score (nSPS) is 11.6. The molecular formula is C86H64N4Si. The Morgan fingerprint density at radius 3 is 0.912 bits per heavy atom. The fourth-order valence-corrected chi connectivity index (χ4v) is 16.1. The molecule has 0 saturated heterocycles. The highest BCUT2D eigenvalue weighted by atomic mass is 28.3. The highest BCUT2D eigenvalue weighted by Gasteiger charge is 2.28. The van der Waals surface area contributed by atoms with Crippen molar-refractivity contribution >= 4 is 96.2 Å². The predicted octanol–water partition coefficient (Wildman–Crippen LogP) is 22.3. The number of benzene rings is 14. The van der Waals surface area contributed by atoms with E-state index in [0.29, 0.717) is 0 Å². The first-order chi connectivity index (χ1) is 44.9. The van der Waals surface area contributed by atoms with E-state index < -0.39 is 8.07 Å². The highest BCUT2D eigenvalue weighted by molar-refractivity contribution is 7.00. The molecule has 0 radical (unpaired) electrons. The van der Waals surface area contributed by atoms with Gasteiger partial charge in [0.25, 0.3) is 0 Å². The molecule has 0 spiro atoms. The number of hydrogen-bond donors (Lipinski definition) is 0. The minimum Gasteiger partial charge on any atom is -0.310 e. The van der Waals surface area contributed by atoms with Crippen LogP contribution in [0.5, 0.6) is 0 Å². The summed E-state index contributed by atoms with van der Waals surface area (Å²) < 4.78 is 4.77. The molecule has 0 amide bonds. The van der Waals surface area contributed by atoms with Gasteiger partial charge >= 0.3 is 0 Å². The van der Waals surface area contributed by atoms with Gasteiger partial charge in [-0.3, -0.25) is 0 Å². The predicted molar refractivity (Wildman–Crippen MR) is 389 cm³/mol. The molecule has 0 fully saturated rings. The lowest BCUT2D eigenvalue weighted by atomic mass is 10.0. The molecule has 5 heteroatoms. The van der Waals surface area contributed by atoms with Gasteiger partial charge in [-0.15, -0.1) is 0 Å². The van der Waals surface area contributed by atoms with Crippen LogP contribution in [0, 0.1) is 0 Å². The van der Waals surface area contributed by atoms with E-state index in [2.05, 4.69) is 384 Å². The van der Waals surface area contributed by atoms with Gasteiger partial charge in [0.05, 0.1) is 22.1 Å². The molecule has 4 nitrogen and oxygen atoms in total. The summed E-state index contributed by atoms with van der Waals surface area (Å²) in [5.41, 5.74) is 23.1. The van der Waals surface area contributed by atoms with Crippen LogP contribution < -0.4 is 20.2 Å². The van der Waals surface area contributed by atoms with Crippen LogP contribution in [0.1, 0.15) is 0 Å². The Balaban J connectivity index is 0.748. The summed E-state index contributed by atoms with van der Waals surface area (Å²) in [6, 6.07) is 129. The van der Waals surface area contributed by atoms with Crippen LogP contribution in [-0.2, 0) is 0 Å². The van der Waals surface area contributed by atoms with Crippen molar-refractivity contribution in [2.75, 3.05) is 9.80 Å². The quantitative estimate of drug-likeness (QED) is 0.101. The van der Waals surface area contributed by atoms with E-state index in [9.17, 15) is 0 Å². The van der Waals surface area contributed by atoms with E-state index in [1.165, 1.54) is 98.5 Å². The van der Waals surface area contributed by atoms with E-state index in [4.69, 9.17) is 0 Å². The zero-order valence-electron chi connectivity index (χ0n) is 50.8. The largest absolute Gasteiger partial charge is 0.310 e. The first-order valence-corrected chi connectivity index (χ1v) is 34.4. The van der Waals surface area contributed by atoms with Crippen molar-refractivity contribution in [1.82, 2.24) is 9.13 Å². The third kappa shape index (κ3) is 10.2. The Morgan fingerprint density at radius 1 is 0.209 bits per heavy atom. The fraction of sp³-hybridized carbons (Fsp3) is 0.0233. The van der Waals surface area contributed by atoms with Crippen LogP contribution in [0.3, 0.4) is 0 Å². The maximum atomic E-state index is 2.50. The average Bonchev–Trinajstić information content (AvgIpc) is 1.72. The summed E-state index contributed by atoms with van der Waals surface area (Å²) in [4.78, 5) is 4.83. The molecular weight excluding hydrogens is 1120 g/mol. The van der Waals surface area contributed by atoms with Gasteiger partial charge in [-0.05, 0) is 166 Å². The van der Waals surface area contributed by atoms with E-state index >= 15 is 0 Å². The molecule has 0 atom stereocenters. The van der Waals surface area contributed by atoms with Gasteiger partial charge in [0, 0.05) is 67.0 Å². The number of para-hydroxylation sites is 4. The fourth-order valence-electron chi connectivity index (χ4n) is 13.7. The highest BCUT2D eigenvalue weighted by Crippen LogP contribution is 2.44. The number of aromatic nitrogens is 2. The molecule has 0 aliphatic carbocycles. The lowest BCUT2D eigenvalue weighted by molar-refractivity contribution is 1.18. The first kappa shape index (κ1) is 54.9. The first-order valence-electron chi connectivity index (χ1n) is 31.4. The van der Waals surface area contributed by atoms with Crippen LogP contribution in [-0.4, -0.2) is 17.2 Å². The Bertz CT molecular complexity index is 4970. The standard InChI is InChI=1S/C86H64N4Si/c1-91(2,77-37-21-29-67(57-77)65-27-19-35-73(55-65)87(71-47-43-63(44-48-71)61-23-7-3-8-24-61)75-51-53-85-81(59-75)79-39-15-17-41-83(79)89(85)69-31-11-5-12-32-69)78-38-22-30-68(58-78)66-28-20-36-74(56-66)88(72-49-45-64(46-50-72)62-25-9-4-10-26-62)76-52-54-86-82(60-76)80-40-16-18-42-84(80)90(86)70-33-13-6-14-34-70/h3-60H,1-2H3. The second-order valence-electron chi connectivity index (χ2n) is 24.2. The zero-order valence-corrected chi connectivity index (χ0v) is 51.8. The van der Waals surface area contributed by atoms with E-state index in [1.807, 2.05) is 0 Å². The summed E-state index contributed by atoms with van der Waals surface area (Å²) >= 11 is 0. The molecule has 91 heavy (non-hydrogen) atoms. The number of fused-ring (bicyclic) bond motifs is 6. The Hall–Kier alpha value is -11.5. The molecule has 0 aliphatic rings. The van der Waals surface area contributed by atoms with Gasteiger partial charge in [-0.2, -0.15) is 0 Å². The Kier molecular flexibility index (Phi) is 14.0. The molecule has 16 rings (SSSR count).